The quantitative estimate of drug-likeness (QED) is 0.164. The van der Waals surface area contributed by atoms with Gasteiger partial charge in [0.1, 0.15) is 0 Å². The number of aryl methyl sites for hydroxylation is 1. The standard InChI is InChI=1S/C39H46N8O3/c1-5-47(32-11-12-34(40)33(20-32)38(41)30-10-13-36(42-21-30)50-26(2)3)39(49)31-14-17-45(22-31)24-37(48)46-18-15-28(16-19-46)27-6-8-29(9-7-27)35-23-44(4)25-43-35/h6-13,15,20-21,23,25-26,31,41H,5,14,16-19,22,24,40H2,1-4H3. The molecule has 1 atom stereocenters. The molecule has 3 N–H and O–H groups in total. The van der Waals surface area contributed by atoms with Crippen molar-refractivity contribution in [3.63, 3.8) is 0 Å². The molecule has 0 radical (unpaired) electrons. The van der Waals surface area contributed by atoms with Crippen LogP contribution in [0.25, 0.3) is 16.8 Å². The summed E-state index contributed by atoms with van der Waals surface area (Å²) in [6.07, 6.45) is 9.05. The molecule has 2 aliphatic rings. The number of likely N-dealkylation sites (tertiary alicyclic amines) is 1. The highest BCUT2D eigenvalue weighted by molar-refractivity contribution is 6.14. The lowest BCUT2D eigenvalue weighted by Gasteiger charge is -2.29. The number of nitrogens with one attached hydrogen (secondary N) is 1. The number of carbonyl (C=O) groups is 2. The predicted octanol–water partition coefficient (Wildman–Crippen LogP) is 5.26. The molecule has 1 unspecified atom stereocenters. The number of hydrogen-bond donors (Lipinski definition) is 2. The zero-order valence-electron chi connectivity index (χ0n) is 29.3. The number of aromatic nitrogens is 3. The van der Waals surface area contributed by atoms with Gasteiger partial charge in [0.2, 0.25) is 17.7 Å². The van der Waals surface area contributed by atoms with Crippen molar-refractivity contribution in [1.82, 2.24) is 24.3 Å². The number of nitrogens with two attached hydrogens (primary N) is 1. The third-order valence-corrected chi connectivity index (χ3v) is 9.38. The van der Waals surface area contributed by atoms with E-state index < -0.39 is 0 Å². The summed E-state index contributed by atoms with van der Waals surface area (Å²) >= 11 is 0. The molecule has 0 aliphatic carbocycles. The van der Waals surface area contributed by atoms with Crippen LogP contribution < -0.4 is 15.4 Å². The maximum absolute atomic E-state index is 13.8. The Hall–Kier alpha value is -5.29. The second kappa shape index (κ2) is 15.1. The van der Waals surface area contributed by atoms with Crippen LogP contribution in [0, 0.1) is 11.3 Å². The molecule has 4 heterocycles. The number of nitrogens with zero attached hydrogens (tertiary/aromatic N) is 6. The van der Waals surface area contributed by atoms with Crippen molar-refractivity contribution in [2.24, 2.45) is 13.0 Å². The van der Waals surface area contributed by atoms with E-state index in [1.165, 1.54) is 11.1 Å². The second-order valence-corrected chi connectivity index (χ2v) is 13.3. The average molecular weight is 675 g/mol. The molecular formula is C39H46N8O3. The molecular weight excluding hydrogens is 628 g/mol. The van der Waals surface area contributed by atoms with E-state index in [1.54, 1.807) is 41.7 Å². The zero-order chi connectivity index (χ0) is 35.4. The summed E-state index contributed by atoms with van der Waals surface area (Å²) in [4.78, 5) is 41.7. The van der Waals surface area contributed by atoms with Crippen molar-refractivity contribution in [2.75, 3.05) is 49.9 Å². The number of nitrogen functional groups attached to an aromatic ring is 1. The number of imidazole rings is 1. The van der Waals surface area contributed by atoms with Gasteiger partial charge in [-0.2, -0.15) is 0 Å². The largest absolute Gasteiger partial charge is 0.475 e. The fourth-order valence-electron chi connectivity index (χ4n) is 6.65. The maximum Gasteiger partial charge on any atom is 0.237 e. The van der Waals surface area contributed by atoms with E-state index in [9.17, 15) is 9.59 Å². The predicted molar refractivity (Wildman–Crippen MR) is 197 cm³/mol. The first-order valence-electron chi connectivity index (χ1n) is 17.3. The third-order valence-electron chi connectivity index (χ3n) is 9.38. The highest BCUT2D eigenvalue weighted by Gasteiger charge is 2.33. The van der Waals surface area contributed by atoms with E-state index in [0.29, 0.717) is 74.1 Å². The van der Waals surface area contributed by atoms with Gasteiger partial charge in [-0.3, -0.25) is 19.9 Å². The lowest BCUT2D eigenvalue weighted by molar-refractivity contribution is -0.132. The van der Waals surface area contributed by atoms with Crippen molar-refractivity contribution in [3.8, 4) is 17.1 Å². The van der Waals surface area contributed by atoms with Crippen LogP contribution >= 0.6 is 0 Å². The fraction of sp³-hybridized carbons (Fsp3) is 0.359. The lowest BCUT2D eigenvalue weighted by atomic mass is 9.98. The molecule has 0 bridgehead atoms. The fourth-order valence-corrected chi connectivity index (χ4v) is 6.65. The van der Waals surface area contributed by atoms with Gasteiger partial charge in [0, 0.05) is 79.8 Å². The van der Waals surface area contributed by atoms with Crippen molar-refractivity contribution in [1.29, 1.82) is 5.41 Å². The summed E-state index contributed by atoms with van der Waals surface area (Å²) in [5, 5.41) is 8.85. The summed E-state index contributed by atoms with van der Waals surface area (Å²) in [5.41, 5.74) is 13.3. The van der Waals surface area contributed by atoms with Crippen LogP contribution in [0.2, 0.25) is 0 Å². The molecule has 11 nitrogen and oxygen atoms in total. The molecule has 1 saturated heterocycles. The molecule has 4 aromatic rings. The summed E-state index contributed by atoms with van der Waals surface area (Å²) in [5.74, 6) is 0.379. The van der Waals surface area contributed by atoms with Gasteiger partial charge < -0.3 is 24.8 Å². The van der Waals surface area contributed by atoms with Crippen molar-refractivity contribution >= 4 is 34.5 Å². The van der Waals surface area contributed by atoms with Gasteiger partial charge in [0.05, 0.1) is 36.3 Å². The van der Waals surface area contributed by atoms with Crippen LogP contribution in [-0.4, -0.2) is 87.2 Å². The van der Waals surface area contributed by atoms with Gasteiger partial charge in [-0.1, -0.05) is 30.3 Å². The SMILES string of the molecule is CCN(C(=O)C1CCN(CC(=O)N2CC=C(c3ccc(-c4cn(C)cn4)cc3)CC2)C1)c1ccc(N)c(C(=N)c2ccc(OC(C)C)nc2)c1. The minimum absolute atomic E-state index is 0.000175. The number of carbonyl (C=O) groups excluding carboxylic acids is 2. The Morgan fingerprint density at radius 2 is 1.84 bits per heavy atom. The van der Waals surface area contributed by atoms with Crippen LogP contribution in [0.4, 0.5) is 11.4 Å². The van der Waals surface area contributed by atoms with Crippen molar-refractivity contribution in [2.45, 2.75) is 39.7 Å². The minimum Gasteiger partial charge on any atom is -0.475 e. The normalized spacial score (nSPS) is 16.4. The first-order chi connectivity index (χ1) is 24.1. The topological polar surface area (TPSA) is 134 Å². The first-order valence-corrected chi connectivity index (χ1v) is 17.3. The van der Waals surface area contributed by atoms with E-state index in [2.05, 4.69) is 45.2 Å². The van der Waals surface area contributed by atoms with Gasteiger partial charge in [-0.25, -0.2) is 9.97 Å². The van der Waals surface area contributed by atoms with Crippen molar-refractivity contribution in [3.05, 3.63) is 96.1 Å². The number of ether oxygens (including phenoxy) is 1. The second-order valence-electron chi connectivity index (χ2n) is 13.3. The van der Waals surface area contributed by atoms with E-state index in [0.717, 1.165) is 17.7 Å². The van der Waals surface area contributed by atoms with E-state index >= 15 is 0 Å². The van der Waals surface area contributed by atoms with Gasteiger partial charge >= 0.3 is 0 Å². The smallest absolute Gasteiger partial charge is 0.237 e. The summed E-state index contributed by atoms with van der Waals surface area (Å²) in [6, 6.07) is 17.4. The molecule has 1 fully saturated rings. The Morgan fingerprint density at radius 1 is 1.06 bits per heavy atom. The monoisotopic (exact) mass is 674 g/mol. The Balaban J connectivity index is 1.03. The van der Waals surface area contributed by atoms with Crippen molar-refractivity contribution < 1.29 is 14.3 Å². The third kappa shape index (κ3) is 7.78. The van der Waals surface area contributed by atoms with Crippen LogP contribution in [0.3, 0.4) is 0 Å². The molecule has 2 aromatic heterocycles. The van der Waals surface area contributed by atoms with Crippen LogP contribution in [0.1, 0.15) is 50.3 Å². The zero-order valence-corrected chi connectivity index (χ0v) is 29.3. The minimum atomic E-state index is -0.220. The van der Waals surface area contributed by atoms with E-state index in [4.69, 9.17) is 15.9 Å². The molecule has 0 saturated carbocycles. The highest BCUT2D eigenvalue weighted by atomic mass is 16.5. The Bertz CT molecular complexity index is 1880. The van der Waals surface area contributed by atoms with Crippen LogP contribution in [0.5, 0.6) is 5.88 Å². The molecule has 11 heteroatoms. The van der Waals surface area contributed by atoms with E-state index in [1.807, 2.05) is 49.5 Å². The number of hydrogen-bond acceptors (Lipinski definition) is 8. The molecule has 2 aliphatic heterocycles. The first kappa shape index (κ1) is 34.6. The molecule has 2 aromatic carbocycles. The molecule has 2 amide bonds. The van der Waals surface area contributed by atoms with Crippen LogP contribution in [-0.2, 0) is 16.6 Å². The average Bonchev–Trinajstić information content (AvgIpc) is 3.78. The Labute approximate surface area is 293 Å². The van der Waals surface area contributed by atoms with Gasteiger partial charge in [-0.15, -0.1) is 0 Å². The Kier molecular flexibility index (Phi) is 10.4. The number of benzene rings is 2. The number of pyridine rings is 1. The lowest BCUT2D eigenvalue weighted by Crippen LogP contribution is -2.42. The summed E-state index contributed by atoms with van der Waals surface area (Å²) in [7, 11) is 1.96. The van der Waals surface area contributed by atoms with Gasteiger partial charge in [0.25, 0.3) is 0 Å². The molecule has 6 rings (SSSR count). The molecule has 260 valence electrons. The number of amides is 2. The molecule has 50 heavy (non-hydrogen) atoms. The van der Waals surface area contributed by atoms with Gasteiger partial charge in [-0.05, 0) is 75.6 Å². The highest BCUT2D eigenvalue weighted by Crippen LogP contribution is 2.29. The van der Waals surface area contributed by atoms with Crippen LogP contribution in [0.15, 0.2) is 79.4 Å². The van der Waals surface area contributed by atoms with Gasteiger partial charge in [0.15, 0.2) is 0 Å². The maximum atomic E-state index is 13.8. The van der Waals surface area contributed by atoms with E-state index in [-0.39, 0.29) is 29.5 Å². The Morgan fingerprint density at radius 3 is 2.48 bits per heavy atom. The number of anilines is 2. The molecule has 0 spiro atoms. The summed E-state index contributed by atoms with van der Waals surface area (Å²) < 4.78 is 7.57. The summed E-state index contributed by atoms with van der Waals surface area (Å²) in [6.45, 7) is 9.07. The number of rotatable bonds is 11.